The second-order valence-corrected chi connectivity index (χ2v) is 3.77. The molecule has 88 valence electrons. The number of aromatic nitrogens is 2. The Bertz CT molecular complexity index is 470. The maximum Gasteiger partial charge on any atom is 0.221 e. The van der Waals surface area contributed by atoms with Crippen LogP contribution in [-0.2, 0) is 6.54 Å². The van der Waals surface area contributed by atoms with E-state index in [1.54, 1.807) is 6.20 Å². The van der Waals surface area contributed by atoms with E-state index >= 15 is 0 Å². The Morgan fingerprint density at radius 3 is 2.59 bits per heavy atom. The first-order valence-electron chi connectivity index (χ1n) is 5.67. The van der Waals surface area contributed by atoms with Gasteiger partial charge in [-0.3, -0.25) is 0 Å². The summed E-state index contributed by atoms with van der Waals surface area (Å²) in [5.74, 6) is 1.18. The van der Waals surface area contributed by atoms with Gasteiger partial charge in [0.2, 0.25) is 5.95 Å². The molecule has 0 unspecified atom stereocenters. The summed E-state index contributed by atoms with van der Waals surface area (Å²) < 4.78 is 0. The smallest absolute Gasteiger partial charge is 0.221 e. The van der Waals surface area contributed by atoms with Gasteiger partial charge in [0.15, 0.2) is 0 Å². The lowest BCUT2D eigenvalue weighted by atomic mass is 10.2. The van der Waals surface area contributed by atoms with E-state index < -0.39 is 0 Å². The lowest BCUT2D eigenvalue weighted by Crippen LogP contribution is -2.23. The molecule has 2 rings (SSSR count). The summed E-state index contributed by atoms with van der Waals surface area (Å²) in [6.07, 6.45) is 1.69. The van der Waals surface area contributed by atoms with Crippen LogP contribution in [0.2, 0.25) is 0 Å². The van der Waals surface area contributed by atoms with Crippen molar-refractivity contribution in [3.63, 3.8) is 0 Å². The molecule has 2 N–H and O–H groups in total. The van der Waals surface area contributed by atoms with Gasteiger partial charge in [0.1, 0.15) is 5.82 Å². The zero-order chi connectivity index (χ0) is 12.1. The van der Waals surface area contributed by atoms with Crippen LogP contribution in [0.5, 0.6) is 0 Å². The average Bonchev–Trinajstić information content (AvgIpc) is 2.37. The number of hydrogen-bond donors (Lipinski definition) is 1. The molecule has 1 aromatic heterocycles. The number of nitrogens with zero attached hydrogens (tertiary/aromatic N) is 3. The van der Waals surface area contributed by atoms with Crippen LogP contribution >= 0.6 is 0 Å². The van der Waals surface area contributed by atoms with Crippen molar-refractivity contribution in [2.24, 2.45) is 0 Å². The quantitative estimate of drug-likeness (QED) is 0.870. The van der Waals surface area contributed by atoms with Crippen molar-refractivity contribution < 1.29 is 0 Å². The molecule has 0 atom stereocenters. The highest BCUT2D eigenvalue weighted by Crippen LogP contribution is 2.14. The SMILES string of the molecule is CCN(Cc1ccccc1)c1ccnc(N)n1. The molecule has 2 aromatic rings. The molecule has 0 radical (unpaired) electrons. The van der Waals surface area contributed by atoms with E-state index in [9.17, 15) is 0 Å². The third-order valence-electron chi connectivity index (χ3n) is 2.58. The molecule has 1 aromatic carbocycles. The van der Waals surface area contributed by atoms with Gasteiger partial charge >= 0.3 is 0 Å². The highest BCUT2D eigenvalue weighted by atomic mass is 15.2. The molecule has 0 spiro atoms. The van der Waals surface area contributed by atoms with Gasteiger partial charge in [-0.15, -0.1) is 0 Å². The van der Waals surface area contributed by atoms with Gasteiger partial charge in [0.25, 0.3) is 0 Å². The second kappa shape index (κ2) is 5.30. The van der Waals surface area contributed by atoms with Crippen molar-refractivity contribution in [2.45, 2.75) is 13.5 Å². The van der Waals surface area contributed by atoms with Crippen molar-refractivity contribution >= 4 is 11.8 Å². The van der Waals surface area contributed by atoms with E-state index in [2.05, 4.69) is 33.9 Å². The van der Waals surface area contributed by atoms with Gasteiger partial charge in [-0.05, 0) is 18.6 Å². The van der Waals surface area contributed by atoms with E-state index in [4.69, 9.17) is 5.73 Å². The highest BCUT2D eigenvalue weighted by Gasteiger charge is 2.06. The van der Waals surface area contributed by atoms with Crippen LogP contribution in [0.1, 0.15) is 12.5 Å². The molecule has 17 heavy (non-hydrogen) atoms. The van der Waals surface area contributed by atoms with E-state index in [0.29, 0.717) is 5.95 Å². The standard InChI is InChI=1S/C13H16N4/c1-2-17(10-11-6-4-3-5-7-11)12-8-9-15-13(14)16-12/h3-9H,2,10H2,1H3,(H2,14,15,16). The lowest BCUT2D eigenvalue weighted by molar-refractivity contribution is 0.812. The fourth-order valence-corrected chi connectivity index (χ4v) is 1.70. The van der Waals surface area contributed by atoms with Crippen molar-refractivity contribution in [1.82, 2.24) is 9.97 Å². The van der Waals surface area contributed by atoms with Crippen LogP contribution in [0.15, 0.2) is 42.6 Å². The maximum absolute atomic E-state index is 5.60. The normalized spacial score (nSPS) is 10.2. The summed E-state index contributed by atoms with van der Waals surface area (Å²) >= 11 is 0. The Balaban J connectivity index is 2.17. The van der Waals surface area contributed by atoms with E-state index in [1.165, 1.54) is 5.56 Å². The Hall–Kier alpha value is -2.10. The van der Waals surface area contributed by atoms with Crippen molar-refractivity contribution in [1.29, 1.82) is 0 Å². The summed E-state index contributed by atoms with van der Waals surface area (Å²) in [5.41, 5.74) is 6.85. The van der Waals surface area contributed by atoms with E-state index in [1.807, 2.05) is 24.3 Å². The molecule has 0 amide bonds. The minimum absolute atomic E-state index is 0.314. The van der Waals surface area contributed by atoms with Crippen molar-refractivity contribution in [3.8, 4) is 0 Å². The van der Waals surface area contributed by atoms with Crippen LogP contribution in [0.25, 0.3) is 0 Å². The lowest BCUT2D eigenvalue weighted by Gasteiger charge is -2.21. The average molecular weight is 228 g/mol. The number of rotatable bonds is 4. The number of benzene rings is 1. The molecule has 1 heterocycles. The van der Waals surface area contributed by atoms with Gasteiger partial charge in [0, 0.05) is 19.3 Å². The minimum Gasteiger partial charge on any atom is -0.368 e. The fraction of sp³-hybridized carbons (Fsp3) is 0.231. The summed E-state index contributed by atoms with van der Waals surface area (Å²) in [5, 5.41) is 0. The molecule has 0 saturated carbocycles. The molecule has 0 bridgehead atoms. The van der Waals surface area contributed by atoms with Crippen LogP contribution in [0.4, 0.5) is 11.8 Å². The Morgan fingerprint density at radius 2 is 1.94 bits per heavy atom. The molecule has 0 aliphatic rings. The Kier molecular flexibility index (Phi) is 3.55. The third-order valence-corrected chi connectivity index (χ3v) is 2.58. The molecule has 4 heteroatoms. The van der Waals surface area contributed by atoms with Crippen molar-refractivity contribution in [3.05, 3.63) is 48.2 Å². The largest absolute Gasteiger partial charge is 0.368 e. The van der Waals surface area contributed by atoms with Gasteiger partial charge in [-0.2, -0.15) is 4.98 Å². The predicted octanol–water partition coefficient (Wildman–Crippen LogP) is 2.09. The van der Waals surface area contributed by atoms with Crippen molar-refractivity contribution in [2.75, 3.05) is 17.2 Å². The van der Waals surface area contributed by atoms with Gasteiger partial charge in [-0.1, -0.05) is 30.3 Å². The molecule has 0 saturated heterocycles. The summed E-state index contributed by atoms with van der Waals surface area (Å²) in [6.45, 7) is 3.81. The number of nitrogens with two attached hydrogens (primary N) is 1. The van der Waals surface area contributed by atoms with Gasteiger partial charge in [-0.25, -0.2) is 4.98 Å². The summed E-state index contributed by atoms with van der Waals surface area (Å²) in [7, 11) is 0. The van der Waals surface area contributed by atoms with Crippen LogP contribution in [0.3, 0.4) is 0 Å². The van der Waals surface area contributed by atoms with Crippen LogP contribution < -0.4 is 10.6 Å². The first-order chi connectivity index (χ1) is 8.29. The van der Waals surface area contributed by atoms with Crippen LogP contribution in [0, 0.1) is 0 Å². The monoisotopic (exact) mass is 228 g/mol. The minimum atomic E-state index is 0.314. The number of anilines is 2. The number of nitrogen functional groups attached to an aromatic ring is 1. The topological polar surface area (TPSA) is 55.0 Å². The van der Waals surface area contributed by atoms with E-state index in [-0.39, 0.29) is 0 Å². The number of hydrogen-bond acceptors (Lipinski definition) is 4. The molecular formula is C13H16N4. The first kappa shape index (κ1) is 11.4. The first-order valence-corrected chi connectivity index (χ1v) is 5.67. The summed E-state index contributed by atoms with van der Waals surface area (Å²) in [4.78, 5) is 10.3. The molecule has 0 aliphatic carbocycles. The van der Waals surface area contributed by atoms with Gasteiger partial charge in [0.05, 0.1) is 0 Å². The molecular weight excluding hydrogens is 212 g/mol. The van der Waals surface area contributed by atoms with Gasteiger partial charge < -0.3 is 10.6 Å². The Morgan fingerprint density at radius 1 is 1.18 bits per heavy atom. The zero-order valence-electron chi connectivity index (χ0n) is 9.87. The molecule has 0 aliphatic heterocycles. The maximum atomic E-state index is 5.60. The van der Waals surface area contributed by atoms with E-state index in [0.717, 1.165) is 18.9 Å². The fourth-order valence-electron chi connectivity index (χ4n) is 1.70. The third kappa shape index (κ3) is 2.93. The van der Waals surface area contributed by atoms with Crippen LogP contribution in [-0.4, -0.2) is 16.5 Å². The molecule has 0 fully saturated rings. The molecule has 4 nitrogen and oxygen atoms in total. The Labute approximate surface area is 101 Å². The second-order valence-electron chi connectivity index (χ2n) is 3.77. The predicted molar refractivity (Wildman–Crippen MR) is 69.6 cm³/mol. The zero-order valence-corrected chi connectivity index (χ0v) is 9.87. The summed E-state index contributed by atoms with van der Waals surface area (Å²) in [6, 6.07) is 12.2. The highest BCUT2D eigenvalue weighted by molar-refractivity contribution is 5.41.